The molecular weight excluding hydrogens is 609 g/mol. The molecule has 1 N–H and O–H groups in total. The summed E-state index contributed by atoms with van der Waals surface area (Å²) in [6.07, 6.45) is -3.58. The third-order valence-corrected chi connectivity index (χ3v) is 6.08. The molecule has 1 amide bonds. The molecule has 0 fully saturated rings. The fourth-order valence-electron chi connectivity index (χ4n) is 4.07. The van der Waals surface area contributed by atoms with Crippen LogP contribution in [0, 0.1) is 18.6 Å². The average molecular weight is 636 g/mol. The molecule has 0 spiro atoms. The maximum atomic E-state index is 15.0. The number of benzene rings is 3. The molecule has 4 rings (SSSR count). The second-order valence-corrected chi connectivity index (χ2v) is 9.41. The molecule has 0 saturated heterocycles. The van der Waals surface area contributed by atoms with Crippen molar-refractivity contribution in [1.29, 1.82) is 0 Å². The molecule has 0 radical (unpaired) electrons. The van der Waals surface area contributed by atoms with E-state index in [1.54, 1.807) is 6.07 Å². The number of rotatable bonds is 13. The van der Waals surface area contributed by atoms with Crippen molar-refractivity contribution in [3.8, 4) is 23.1 Å². The number of aryl methyl sites for hydroxylation is 1. The molecule has 0 saturated carbocycles. The fraction of sp³-hybridized carbons (Fsp3) is 0.267. The minimum absolute atomic E-state index is 0.129. The van der Waals surface area contributed by atoms with E-state index in [1.807, 2.05) is 5.32 Å². The van der Waals surface area contributed by atoms with Crippen molar-refractivity contribution in [2.24, 2.45) is 0 Å². The highest BCUT2D eigenvalue weighted by molar-refractivity contribution is 6.46. The van der Waals surface area contributed by atoms with Crippen molar-refractivity contribution >= 4 is 28.3 Å². The lowest BCUT2D eigenvalue weighted by molar-refractivity contribution is -0.137. The van der Waals surface area contributed by atoms with Gasteiger partial charge in [0.25, 0.3) is 11.7 Å². The molecule has 238 valence electrons. The van der Waals surface area contributed by atoms with Gasteiger partial charge >= 0.3 is 6.18 Å². The van der Waals surface area contributed by atoms with E-state index in [4.69, 9.17) is 23.7 Å². The van der Waals surface area contributed by atoms with Crippen molar-refractivity contribution in [1.82, 2.24) is 9.97 Å². The molecule has 0 unspecified atom stereocenters. The first-order valence-electron chi connectivity index (χ1n) is 13.1. The number of hydrogen-bond acceptors (Lipinski definition) is 9. The Morgan fingerprint density at radius 1 is 0.822 bits per heavy atom. The minimum Gasteiger partial charge on any atom is -0.487 e. The topological polar surface area (TPSA) is 118 Å². The van der Waals surface area contributed by atoms with Crippen molar-refractivity contribution in [2.45, 2.75) is 13.1 Å². The van der Waals surface area contributed by atoms with Gasteiger partial charge in [-0.1, -0.05) is 0 Å². The van der Waals surface area contributed by atoms with Gasteiger partial charge in [-0.2, -0.15) is 13.2 Å². The van der Waals surface area contributed by atoms with Crippen LogP contribution in [0.2, 0.25) is 0 Å². The van der Waals surface area contributed by atoms with Crippen LogP contribution in [0.25, 0.3) is 10.9 Å². The number of ketones is 1. The van der Waals surface area contributed by atoms with Crippen molar-refractivity contribution in [2.75, 3.05) is 46.0 Å². The Kier molecular flexibility index (Phi) is 10.5. The first-order chi connectivity index (χ1) is 21.4. The molecule has 10 nitrogen and oxygen atoms in total. The number of hydrogen-bond donors (Lipinski definition) is 1. The van der Waals surface area contributed by atoms with Gasteiger partial charge in [-0.05, 0) is 36.8 Å². The number of ether oxygens (including phenoxy) is 5. The zero-order chi connectivity index (χ0) is 32.7. The monoisotopic (exact) mass is 635 g/mol. The number of amides is 1. The molecule has 0 aliphatic heterocycles. The number of aromatic nitrogens is 2. The van der Waals surface area contributed by atoms with Gasteiger partial charge in [0, 0.05) is 38.1 Å². The molecule has 4 aromatic rings. The van der Waals surface area contributed by atoms with E-state index < -0.39 is 46.4 Å². The zero-order valence-electron chi connectivity index (χ0n) is 24.1. The summed E-state index contributed by atoms with van der Waals surface area (Å²) in [5, 5.41) is 2.24. The average Bonchev–Trinajstić information content (AvgIpc) is 2.96. The van der Waals surface area contributed by atoms with Crippen molar-refractivity contribution in [3.63, 3.8) is 0 Å². The number of carbonyl (C=O) groups is 2. The largest absolute Gasteiger partial charge is 0.487 e. The number of nitrogens with one attached hydrogen (secondary N) is 1. The normalized spacial score (nSPS) is 11.4. The van der Waals surface area contributed by atoms with Crippen LogP contribution in [0.3, 0.4) is 0 Å². The van der Waals surface area contributed by atoms with E-state index in [0.717, 1.165) is 12.4 Å². The number of halogens is 5. The molecular formula is C30H26F5N3O7. The van der Waals surface area contributed by atoms with E-state index in [0.29, 0.717) is 36.1 Å². The molecule has 0 aliphatic rings. The Hall–Kier alpha value is -4.89. The van der Waals surface area contributed by atoms with Crippen LogP contribution in [0.15, 0.2) is 48.8 Å². The second-order valence-electron chi connectivity index (χ2n) is 9.41. The van der Waals surface area contributed by atoms with Crippen LogP contribution < -0.4 is 19.5 Å². The number of fused-ring (bicyclic) bond motifs is 1. The highest BCUT2D eigenvalue weighted by Gasteiger charge is 2.32. The lowest BCUT2D eigenvalue weighted by Gasteiger charge is -2.15. The fourth-order valence-corrected chi connectivity index (χ4v) is 4.07. The molecule has 15 heteroatoms. The maximum absolute atomic E-state index is 15.0. The highest BCUT2D eigenvalue weighted by Crippen LogP contribution is 2.37. The Labute approximate surface area is 253 Å². The van der Waals surface area contributed by atoms with Gasteiger partial charge in [-0.25, -0.2) is 18.7 Å². The first-order valence-corrected chi connectivity index (χ1v) is 13.1. The quantitative estimate of drug-likeness (QED) is 0.0830. The summed E-state index contributed by atoms with van der Waals surface area (Å²) in [5.41, 5.74) is -2.23. The van der Waals surface area contributed by atoms with E-state index >= 15 is 8.78 Å². The van der Waals surface area contributed by atoms with E-state index in [-0.39, 0.29) is 48.1 Å². The van der Waals surface area contributed by atoms with Crippen LogP contribution >= 0.6 is 0 Å². The summed E-state index contributed by atoms with van der Waals surface area (Å²) in [5.74, 6) is -6.06. The Bertz CT molecular complexity index is 1690. The number of methoxy groups -OCH3 is 2. The molecule has 45 heavy (non-hydrogen) atoms. The number of carbonyl (C=O) groups excluding carboxylic acids is 2. The van der Waals surface area contributed by atoms with E-state index in [1.165, 1.54) is 33.3 Å². The summed E-state index contributed by atoms with van der Waals surface area (Å²) >= 11 is 0. The highest BCUT2D eigenvalue weighted by atomic mass is 19.4. The number of Topliss-reactive ketones (excluding diaryl/α,β-unsaturated/α-hetero) is 1. The Morgan fingerprint density at radius 2 is 1.44 bits per heavy atom. The van der Waals surface area contributed by atoms with Gasteiger partial charge in [0.1, 0.15) is 36.9 Å². The Morgan fingerprint density at radius 3 is 2.04 bits per heavy atom. The number of nitrogens with zero attached hydrogens (tertiary/aromatic N) is 2. The van der Waals surface area contributed by atoms with Crippen molar-refractivity contribution in [3.05, 3.63) is 77.1 Å². The lowest BCUT2D eigenvalue weighted by atomic mass is 10.1. The van der Waals surface area contributed by atoms with Gasteiger partial charge < -0.3 is 29.0 Å². The van der Waals surface area contributed by atoms with Crippen LogP contribution in [-0.4, -0.2) is 62.3 Å². The van der Waals surface area contributed by atoms with Gasteiger partial charge in [0.05, 0.1) is 35.2 Å². The maximum Gasteiger partial charge on any atom is 0.416 e. The third kappa shape index (κ3) is 8.19. The molecule has 0 bridgehead atoms. The van der Waals surface area contributed by atoms with Gasteiger partial charge in [0.15, 0.2) is 11.5 Å². The van der Waals surface area contributed by atoms with Gasteiger partial charge in [-0.3, -0.25) is 9.59 Å². The van der Waals surface area contributed by atoms with Crippen LogP contribution in [0.1, 0.15) is 21.5 Å². The minimum atomic E-state index is -4.72. The second kappa shape index (κ2) is 14.3. The summed E-state index contributed by atoms with van der Waals surface area (Å²) in [6, 6.07) is 6.97. The molecule has 3 aromatic carbocycles. The summed E-state index contributed by atoms with van der Waals surface area (Å²) in [6.45, 7) is 2.29. The van der Waals surface area contributed by atoms with E-state index in [9.17, 15) is 22.8 Å². The third-order valence-electron chi connectivity index (χ3n) is 6.08. The standard InChI is InChI=1S/C30H26F5N3O7/c1-16-8-17(30(33,34)35)10-18(9-16)38-28(40)27(39)26-21(31)11-19(12-22(26)32)45-29-20-13-24(43-6-4-41-2)25(44-7-5-42-3)14-23(20)36-15-37-29/h8-15H,4-7H2,1-3H3,(H,38,40). The van der Waals surface area contributed by atoms with E-state index in [2.05, 4.69) is 9.97 Å². The van der Waals surface area contributed by atoms with Crippen LogP contribution in [-0.2, 0) is 20.4 Å². The zero-order valence-corrected chi connectivity index (χ0v) is 24.1. The molecule has 1 heterocycles. The molecule has 0 aliphatic carbocycles. The van der Waals surface area contributed by atoms with Gasteiger partial charge in [0.2, 0.25) is 5.88 Å². The van der Waals surface area contributed by atoms with Crippen molar-refractivity contribution < 1.29 is 55.2 Å². The number of anilines is 1. The summed E-state index contributed by atoms with van der Waals surface area (Å²) in [7, 11) is 3.02. The smallest absolute Gasteiger partial charge is 0.416 e. The predicted octanol–water partition coefficient (Wildman–Crippen LogP) is 5.90. The SMILES string of the molecule is COCCOc1cc2ncnc(Oc3cc(F)c(C(=O)C(=O)Nc4cc(C)cc(C(F)(F)F)c4)c(F)c3)c2cc1OCCOC. The van der Waals surface area contributed by atoms with Crippen LogP contribution in [0.4, 0.5) is 27.6 Å². The molecule has 0 atom stereocenters. The van der Waals surface area contributed by atoms with Crippen LogP contribution in [0.5, 0.6) is 23.1 Å². The lowest BCUT2D eigenvalue weighted by Crippen LogP contribution is -2.25. The molecule has 1 aromatic heterocycles. The first kappa shape index (κ1) is 33.0. The summed E-state index contributed by atoms with van der Waals surface area (Å²) in [4.78, 5) is 33.4. The number of alkyl halides is 3. The van der Waals surface area contributed by atoms with Gasteiger partial charge in [-0.15, -0.1) is 0 Å². The summed E-state index contributed by atoms with van der Waals surface area (Å²) < 4.78 is 96.6. The Balaban J connectivity index is 1.59. The predicted molar refractivity (Wildman–Crippen MR) is 150 cm³/mol.